The second kappa shape index (κ2) is 11.2. The number of carboxylic acids is 1. The molecule has 1 aliphatic rings. The summed E-state index contributed by atoms with van der Waals surface area (Å²) in [4.78, 5) is 19.5. The van der Waals surface area contributed by atoms with Crippen molar-refractivity contribution in [2.75, 3.05) is 30.3 Å². The summed E-state index contributed by atoms with van der Waals surface area (Å²) >= 11 is 1.16. The number of aliphatic hydroxyl groups is 1. The number of thiophene rings is 1. The van der Waals surface area contributed by atoms with Gasteiger partial charge in [0.25, 0.3) is 0 Å². The van der Waals surface area contributed by atoms with Crippen LogP contribution in [0.3, 0.4) is 0 Å². The number of aliphatic hydroxyl groups excluding tert-OH is 1. The molecule has 0 saturated carbocycles. The molecule has 2 aromatic heterocycles. The van der Waals surface area contributed by atoms with Crippen LogP contribution in [0.4, 0.5) is 11.5 Å². The molecule has 1 unspecified atom stereocenters. The van der Waals surface area contributed by atoms with E-state index in [1.54, 1.807) is 0 Å². The first kappa shape index (κ1) is 24.4. The number of benzene rings is 1. The second-order valence-corrected chi connectivity index (χ2v) is 10.1. The van der Waals surface area contributed by atoms with Crippen LogP contribution in [0.15, 0.2) is 36.4 Å². The van der Waals surface area contributed by atoms with E-state index >= 15 is 0 Å². The number of aryl methyl sites for hydroxylation is 2. The summed E-state index contributed by atoms with van der Waals surface area (Å²) < 4.78 is 0. The van der Waals surface area contributed by atoms with Gasteiger partial charge in [-0.25, -0.2) is 9.78 Å². The molecular formula is C26H34N4O3S. The zero-order chi connectivity index (χ0) is 24.1. The van der Waals surface area contributed by atoms with Crippen molar-refractivity contribution in [2.24, 2.45) is 0 Å². The molecule has 3 aromatic rings. The molecule has 7 nitrogen and oxygen atoms in total. The molecule has 0 bridgehead atoms. The Morgan fingerprint density at radius 1 is 1.26 bits per heavy atom. The number of hydrogen-bond donors (Lipinski definition) is 4. The Bertz CT molecular complexity index is 1110. The fourth-order valence-corrected chi connectivity index (χ4v) is 5.64. The topological polar surface area (TPSA) is 112 Å². The molecule has 1 saturated heterocycles. The Morgan fingerprint density at radius 3 is 2.68 bits per heavy atom. The molecule has 1 aliphatic heterocycles. The van der Waals surface area contributed by atoms with Gasteiger partial charge in [0.2, 0.25) is 0 Å². The van der Waals surface area contributed by atoms with Gasteiger partial charge in [-0.2, -0.15) is 0 Å². The van der Waals surface area contributed by atoms with E-state index in [1.165, 1.54) is 5.56 Å². The van der Waals surface area contributed by atoms with Gasteiger partial charge in [0, 0.05) is 31.1 Å². The number of fused-ring (bicyclic) bond motifs is 1. The van der Waals surface area contributed by atoms with Crippen LogP contribution in [0.25, 0.3) is 10.2 Å². The molecule has 3 heterocycles. The zero-order valence-electron chi connectivity index (χ0n) is 19.7. The fraction of sp³-hybridized carbons (Fsp3) is 0.462. The molecule has 34 heavy (non-hydrogen) atoms. The number of rotatable bonds is 10. The molecule has 1 fully saturated rings. The van der Waals surface area contributed by atoms with E-state index < -0.39 is 5.97 Å². The van der Waals surface area contributed by atoms with Crippen LogP contribution in [-0.4, -0.2) is 52.9 Å². The number of hydrogen-bond acceptors (Lipinski definition) is 7. The quantitative estimate of drug-likeness (QED) is 0.344. The van der Waals surface area contributed by atoms with Crippen molar-refractivity contribution < 1.29 is 15.0 Å². The molecule has 182 valence electrons. The van der Waals surface area contributed by atoms with E-state index in [4.69, 9.17) is 10.7 Å². The average molecular weight is 483 g/mol. The van der Waals surface area contributed by atoms with E-state index in [9.17, 15) is 15.0 Å². The van der Waals surface area contributed by atoms with Crippen LogP contribution < -0.4 is 16.0 Å². The van der Waals surface area contributed by atoms with Crippen molar-refractivity contribution in [1.82, 2.24) is 10.3 Å². The van der Waals surface area contributed by atoms with E-state index in [2.05, 4.69) is 35.3 Å². The summed E-state index contributed by atoms with van der Waals surface area (Å²) in [6.07, 6.45) is 5.02. The van der Waals surface area contributed by atoms with Crippen LogP contribution in [-0.2, 0) is 12.8 Å². The molecular weight excluding hydrogens is 448 g/mol. The van der Waals surface area contributed by atoms with Crippen molar-refractivity contribution >= 4 is 39.0 Å². The number of nitrogens with one attached hydrogen (secondary N) is 1. The van der Waals surface area contributed by atoms with Crippen LogP contribution in [0.1, 0.15) is 53.4 Å². The van der Waals surface area contributed by atoms with Crippen molar-refractivity contribution in [1.29, 1.82) is 0 Å². The number of aromatic carboxylic acids is 1. The third kappa shape index (κ3) is 5.68. The van der Waals surface area contributed by atoms with E-state index in [0.717, 1.165) is 79.7 Å². The SMILES string of the molecule is CCCc1cc(N2CCC(NCC(O)CCc3ccccc3)CC2)nc2sc(C(=O)O)c(N)c12. The molecule has 5 N–H and O–H groups in total. The number of carboxylic acid groups (broad SMARTS) is 1. The number of anilines is 2. The molecule has 8 heteroatoms. The highest BCUT2D eigenvalue weighted by molar-refractivity contribution is 7.21. The van der Waals surface area contributed by atoms with Crippen LogP contribution in [0, 0.1) is 0 Å². The molecule has 0 amide bonds. The van der Waals surface area contributed by atoms with Gasteiger partial charge in [-0.3, -0.25) is 0 Å². The summed E-state index contributed by atoms with van der Waals surface area (Å²) in [6, 6.07) is 12.7. The van der Waals surface area contributed by atoms with Crippen molar-refractivity contribution in [2.45, 2.75) is 57.6 Å². The van der Waals surface area contributed by atoms with E-state index in [-0.39, 0.29) is 11.0 Å². The lowest BCUT2D eigenvalue weighted by atomic mass is 10.0. The second-order valence-electron chi connectivity index (χ2n) is 9.07. The van der Waals surface area contributed by atoms with Gasteiger partial charge >= 0.3 is 5.97 Å². The van der Waals surface area contributed by atoms with Gasteiger partial charge in [0.15, 0.2) is 0 Å². The Morgan fingerprint density at radius 2 is 2.00 bits per heavy atom. The fourth-order valence-electron chi connectivity index (χ4n) is 4.67. The summed E-state index contributed by atoms with van der Waals surface area (Å²) in [7, 11) is 0. The number of pyridine rings is 1. The maximum absolute atomic E-state index is 11.6. The van der Waals surface area contributed by atoms with Crippen molar-refractivity contribution in [3.63, 3.8) is 0 Å². The van der Waals surface area contributed by atoms with Crippen LogP contribution in [0.5, 0.6) is 0 Å². The van der Waals surface area contributed by atoms with E-state index in [0.29, 0.717) is 23.1 Å². The molecule has 0 radical (unpaired) electrons. The van der Waals surface area contributed by atoms with Gasteiger partial charge in [-0.05, 0) is 49.3 Å². The zero-order valence-corrected chi connectivity index (χ0v) is 20.5. The highest BCUT2D eigenvalue weighted by Crippen LogP contribution is 2.37. The van der Waals surface area contributed by atoms with Crippen LogP contribution >= 0.6 is 11.3 Å². The first-order valence-corrected chi connectivity index (χ1v) is 12.9. The lowest BCUT2D eigenvalue weighted by Crippen LogP contribution is -2.45. The van der Waals surface area contributed by atoms with Crippen molar-refractivity contribution in [3.05, 3.63) is 52.4 Å². The maximum atomic E-state index is 11.6. The molecule has 1 aromatic carbocycles. The van der Waals surface area contributed by atoms with Gasteiger partial charge in [0.1, 0.15) is 15.5 Å². The number of nitrogen functional groups attached to an aromatic ring is 1. The predicted octanol–water partition coefficient (Wildman–Crippen LogP) is 4.08. The smallest absolute Gasteiger partial charge is 0.348 e. The van der Waals surface area contributed by atoms with Gasteiger partial charge in [-0.15, -0.1) is 11.3 Å². The largest absolute Gasteiger partial charge is 0.477 e. The van der Waals surface area contributed by atoms with Gasteiger partial charge in [-0.1, -0.05) is 43.7 Å². The van der Waals surface area contributed by atoms with Crippen molar-refractivity contribution in [3.8, 4) is 0 Å². The lowest BCUT2D eigenvalue weighted by molar-refractivity contribution is 0.0703. The first-order valence-electron chi connectivity index (χ1n) is 12.1. The Labute approximate surface area is 204 Å². The summed E-state index contributed by atoms with van der Waals surface area (Å²) in [5.74, 6) is -0.0992. The Hall–Kier alpha value is -2.68. The number of piperidine rings is 1. The summed E-state index contributed by atoms with van der Waals surface area (Å²) in [5, 5.41) is 24.2. The number of nitrogens with zero attached hydrogens (tertiary/aromatic N) is 2. The number of nitrogens with two attached hydrogens (primary N) is 1. The normalized spacial score (nSPS) is 15.6. The molecule has 0 spiro atoms. The molecule has 0 aliphatic carbocycles. The van der Waals surface area contributed by atoms with E-state index in [1.807, 2.05) is 18.2 Å². The number of aromatic nitrogens is 1. The lowest BCUT2D eigenvalue weighted by Gasteiger charge is -2.34. The predicted molar refractivity (Wildman–Crippen MR) is 139 cm³/mol. The maximum Gasteiger partial charge on any atom is 0.348 e. The minimum absolute atomic E-state index is 0.172. The Kier molecular flexibility index (Phi) is 8.03. The third-order valence-electron chi connectivity index (χ3n) is 6.55. The standard InChI is InChI=1S/C26H34N4O3S/c1-2-6-18-15-21(29-25-22(18)23(27)24(34-25)26(32)33)30-13-11-19(12-14-30)28-16-20(31)10-9-17-7-4-3-5-8-17/h3-5,7-8,15,19-20,28,31H,2,6,9-14,16,27H2,1H3,(H,32,33). The van der Waals surface area contributed by atoms with Gasteiger partial charge in [0.05, 0.1) is 11.8 Å². The monoisotopic (exact) mass is 482 g/mol. The third-order valence-corrected chi connectivity index (χ3v) is 7.64. The van der Waals surface area contributed by atoms with Crippen LogP contribution in [0.2, 0.25) is 0 Å². The first-order chi connectivity index (χ1) is 16.5. The highest BCUT2D eigenvalue weighted by atomic mass is 32.1. The minimum Gasteiger partial charge on any atom is -0.477 e. The molecule has 4 rings (SSSR count). The highest BCUT2D eigenvalue weighted by Gasteiger charge is 2.24. The Balaban J connectivity index is 1.34. The summed E-state index contributed by atoms with van der Waals surface area (Å²) in [5.41, 5.74) is 8.84. The summed E-state index contributed by atoms with van der Waals surface area (Å²) in [6.45, 7) is 4.45. The minimum atomic E-state index is -0.998. The van der Waals surface area contributed by atoms with Gasteiger partial charge < -0.3 is 26.2 Å². The molecule has 1 atom stereocenters. The average Bonchev–Trinajstić information content (AvgIpc) is 3.19. The number of carbonyl (C=O) groups is 1.